The first-order valence-corrected chi connectivity index (χ1v) is 14.3. The number of hydrogen-bond acceptors (Lipinski definition) is 8. The van der Waals surface area contributed by atoms with Gasteiger partial charge in [0.05, 0.1) is 9.79 Å². The molecule has 0 fully saturated rings. The molecule has 0 spiro atoms. The van der Waals surface area contributed by atoms with E-state index in [1.807, 2.05) is 0 Å². The maximum atomic E-state index is 12.0. The molecule has 6 aromatic carbocycles. The molecule has 0 amide bonds. The van der Waals surface area contributed by atoms with Crippen LogP contribution < -0.4 is 20.4 Å². The summed E-state index contributed by atoms with van der Waals surface area (Å²) < 4.78 is 62.5. The first-order valence-electron chi connectivity index (χ1n) is 11.4. The van der Waals surface area contributed by atoms with Crippen LogP contribution in [0.3, 0.4) is 0 Å². The Bertz CT molecular complexity index is 2050. The van der Waals surface area contributed by atoms with Crippen LogP contribution in [0.25, 0.3) is 43.1 Å². The summed E-state index contributed by atoms with van der Waals surface area (Å²) in [6, 6.07) is 20.5. The van der Waals surface area contributed by atoms with Crippen molar-refractivity contribution in [1.82, 2.24) is 0 Å². The molecule has 0 aliphatic rings. The fourth-order valence-electron chi connectivity index (χ4n) is 4.53. The second-order valence-electron chi connectivity index (χ2n) is 8.77. The third-order valence-corrected chi connectivity index (χ3v) is 8.10. The quantitative estimate of drug-likeness (QED) is 0.161. The molecule has 0 aliphatic heterocycles. The fraction of sp³-hybridized carbons (Fsp3) is 0. The van der Waals surface area contributed by atoms with Gasteiger partial charge in [-0.1, -0.05) is 60.7 Å². The zero-order chi connectivity index (χ0) is 29.0. The van der Waals surface area contributed by atoms with E-state index in [0.717, 1.165) is 12.1 Å². The van der Waals surface area contributed by atoms with Gasteiger partial charge in [-0.05, 0) is 67.4 Å². The van der Waals surface area contributed by atoms with Crippen LogP contribution in [0.15, 0.2) is 94.7 Å². The van der Waals surface area contributed by atoms with Crippen molar-refractivity contribution in [3.05, 3.63) is 84.9 Å². The van der Waals surface area contributed by atoms with Gasteiger partial charge in [-0.15, -0.1) is 23.0 Å². The minimum Gasteiger partial charge on any atom is -0.872 e. The van der Waals surface area contributed by atoms with E-state index in [4.69, 9.17) is 9.11 Å². The van der Waals surface area contributed by atoms with Gasteiger partial charge in [0.1, 0.15) is 0 Å². The SMILES string of the molecule is O=S(=O)(O)c1ccc2c(c1)c([O-])c([O-])c1ccccc12.O=S(=O)(O)c1ccc2c(c1)c([O-])c([O-])c1ccccc12.[Cu]. The van der Waals surface area contributed by atoms with Gasteiger partial charge in [0.15, 0.2) is 0 Å². The van der Waals surface area contributed by atoms with Crippen LogP contribution in [0.5, 0.6) is 23.0 Å². The minimum atomic E-state index is -4.42. The Labute approximate surface area is 243 Å². The van der Waals surface area contributed by atoms with Gasteiger partial charge < -0.3 is 20.4 Å². The molecule has 0 atom stereocenters. The summed E-state index contributed by atoms with van der Waals surface area (Å²) in [4.78, 5) is -0.812. The van der Waals surface area contributed by atoms with Crippen molar-refractivity contribution >= 4 is 63.3 Å². The fourth-order valence-corrected chi connectivity index (χ4v) is 5.55. The van der Waals surface area contributed by atoms with E-state index in [1.165, 1.54) is 24.3 Å². The Morgan fingerprint density at radius 1 is 0.415 bits per heavy atom. The van der Waals surface area contributed by atoms with Crippen molar-refractivity contribution in [2.24, 2.45) is 0 Å². The number of benzene rings is 6. The summed E-state index contributed by atoms with van der Waals surface area (Å²) >= 11 is 0. The molecule has 0 aliphatic carbocycles. The Kier molecular flexibility index (Phi) is 7.80. The molecule has 0 heterocycles. The maximum absolute atomic E-state index is 12.0. The van der Waals surface area contributed by atoms with E-state index >= 15 is 0 Å². The predicted molar refractivity (Wildman–Crippen MR) is 140 cm³/mol. The zero-order valence-corrected chi connectivity index (χ0v) is 22.9. The summed E-state index contributed by atoms with van der Waals surface area (Å²) in [5.74, 6) is -2.91. The second-order valence-corrected chi connectivity index (χ2v) is 11.6. The van der Waals surface area contributed by atoms with Crippen molar-refractivity contribution in [3.8, 4) is 23.0 Å². The standard InChI is InChI=1S/2C14H10O5S.Cu/c2*15-13-11-4-2-1-3-9(11)10-6-5-8(20(17,18)19)7-12(10)14(13)16;/h2*1-7,15-16H,(H,17,18,19);/p-4. The van der Waals surface area contributed by atoms with Gasteiger partial charge in [-0.25, -0.2) is 0 Å². The molecule has 6 rings (SSSR count). The maximum Gasteiger partial charge on any atom is 0.294 e. The minimum absolute atomic E-state index is 0. The normalized spacial score (nSPS) is 11.8. The van der Waals surface area contributed by atoms with Gasteiger partial charge in [0.25, 0.3) is 20.2 Å². The van der Waals surface area contributed by atoms with E-state index in [1.54, 1.807) is 48.5 Å². The summed E-state index contributed by atoms with van der Waals surface area (Å²) in [6.45, 7) is 0. The first kappa shape index (κ1) is 29.9. The van der Waals surface area contributed by atoms with E-state index in [9.17, 15) is 37.3 Å². The van der Waals surface area contributed by atoms with Crippen LogP contribution in [-0.4, -0.2) is 25.9 Å². The van der Waals surface area contributed by atoms with Crippen molar-refractivity contribution in [1.29, 1.82) is 0 Å². The smallest absolute Gasteiger partial charge is 0.294 e. The third-order valence-electron chi connectivity index (χ3n) is 6.40. The van der Waals surface area contributed by atoms with Crippen LogP contribution in [0.4, 0.5) is 0 Å². The largest absolute Gasteiger partial charge is 0.872 e. The summed E-state index contributed by atoms with van der Waals surface area (Å²) in [6.07, 6.45) is 0. The van der Waals surface area contributed by atoms with Crippen LogP contribution >= 0.6 is 0 Å². The van der Waals surface area contributed by atoms with Crippen molar-refractivity contribution in [2.75, 3.05) is 0 Å². The Morgan fingerprint density at radius 2 is 0.683 bits per heavy atom. The monoisotopic (exact) mass is 639 g/mol. The number of fused-ring (bicyclic) bond motifs is 6. The topological polar surface area (TPSA) is 201 Å². The molecular weight excluding hydrogens is 624 g/mol. The van der Waals surface area contributed by atoms with Crippen LogP contribution in [-0.2, 0) is 37.3 Å². The van der Waals surface area contributed by atoms with E-state index in [0.29, 0.717) is 32.3 Å². The van der Waals surface area contributed by atoms with Gasteiger partial charge in [-0.3, -0.25) is 9.11 Å². The third kappa shape index (κ3) is 5.34. The van der Waals surface area contributed by atoms with Gasteiger partial charge >= 0.3 is 0 Å². The molecule has 6 aromatic rings. The molecule has 0 saturated heterocycles. The molecule has 13 heteroatoms. The Morgan fingerprint density at radius 3 is 1.00 bits per heavy atom. The molecule has 0 unspecified atom stereocenters. The summed E-state index contributed by atoms with van der Waals surface area (Å²) in [5, 5.41) is 50.7. The van der Waals surface area contributed by atoms with Crippen molar-refractivity contribution in [2.45, 2.75) is 9.79 Å². The molecule has 0 bridgehead atoms. The van der Waals surface area contributed by atoms with Crippen molar-refractivity contribution in [3.63, 3.8) is 0 Å². The number of rotatable bonds is 2. The summed E-state index contributed by atoms with van der Waals surface area (Å²) in [7, 11) is -8.84. The van der Waals surface area contributed by atoms with Crippen LogP contribution in [0, 0.1) is 0 Å². The van der Waals surface area contributed by atoms with Crippen LogP contribution in [0.1, 0.15) is 0 Å². The molecule has 1 radical (unpaired) electrons. The Hall–Kier alpha value is -4.10. The number of hydrogen-bond donors (Lipinski definition) is 2. The van der Waals surface area contributed by atoms with E-state index < -0.39 is 53.0 Å². The van der Waals surface area contributed by atoms with Crippen molar-refractivity contribution < 1.29 is 63.4 Å². The average Bonchev–Trinajstić information content (AvgIpc) is 2.93. The Balaban J connectivity index is 0.000000184. The molecule has 0 aromatic heterocycles. The molecule has 0 saturated carbocycles. The molecular formula is C28H16CuO10S2-4. The molecule has 2 N–H and O–H groups in total. The van der Waals surface area contributed by atoms with E-state index in [-0.39, 0.29) is 27.8 Å². The van der Waals surface area contributed by atoms with E-state index in [2.05, 4.69) is 0 Å². The zero-order valence-electron chi connectivity index (χ0n) is 20.4. The molecule has 215 valence electrons. The average molecular weight is 640 g/mol. The van der Waals surface area contributed by atoms with Crippen LogP contribution in [0.2, 0.25) is 0 Å². The predicted octanol–water partition coefficient (Wildman–Crippen LogP) is 2.77. The molecule has 10 nitrogen and oxygen atoms in total. The summed E-state index contributed by atoms with van der Waals surface area (Å²) in [5.41, 5.74) is 0. The van der Waals surface area contributed by atoms with Gasteiger partial charge in [0, 0.05) is 17.1 Å². The first-order chi connectivity index (χ1) is 18.8. The van der Waals surface area contributed by atoms with Gasteiger partial charge in [-0.2, -0.15) is 16.8 Å². The second kappa shape index (κ2) is 10.7. The molecule has 41 heavy (non-hydrogen) atoms. The van der Waals surface area contributed by atoms with Gasteiger partial charge in [0.2, 0.25) is 0 Å².